The van der Waals surface area contributed by atoms with Gasteiger partial charge in [-0.1, -0.05) is 31.9 Å². The van der Waals surface area contributed by atoms with E-state index in [2.05, 4.69) is 11.7 Å². The summed E-state index contributed by atoms with van der Waals surface area (Å²) < 4.78 is 29.7. The highest BCUT2D eigenvalue weighted by Gasteiger charge is 2.40. The molecule has 0 spiro atoms. The molecule has 0 radical (unpaired) electrons. The SMILES string of the molecule is CC1CCN(C(=O)c2ccccc2OC(F)F)C2CCCCC12. The monoisotopic (exact) mass is 323 g/mol. The molecule has 1 aromatic rings. The lowest BCUT2D eigenvalue weighted by molar-refractivity contribution is -0.0504. The Morgan fingerprint density at radius 2 is 1.96 bits per heavy atom. The van der Waals surface area contributed by atoms with Gasteiger partial charge in [-0.3, -0.25) is 4.79 Å². The second kappa shape index (κ2) is 6.85. The molecular weight excluding hydrogens is 300 g/mol. The number of amides is 1. The van der Waals surface area contributed by atoms with Gasteiger partial charge in [0.15, 0.2) is 0 Å². The summed E-state index contributed by atoms with van der Waals surface area (Å²) in [6, 6.07) is 6.55. The molecular formula is C18H23F2NO2. The van der Waals surface area contributed by atoms with Gasteiger partial charge in [0.25, 0.3) is 5.91 Å². The minimum Gasteiger partial charge on any atom is -0.434 e. The fraction of sp³-hybridized carbons (Fsp3) is 0.611. The van der Waals surface area contributed by atoms with Crippen LogP contribution in [0, 0.1) is 11.8 Å². The van der Waals surface area contributed by atoms with E-state index in [0.29, 0.717) is 18.4 Å². The summed E-state index contributed by atoms with van der Waals surface area (Å²) in [5.41, 5.74) is 0.242. The molecule has 1 heterocycles. The van der Waals surface area contributed by atoms with Crippen molar-refractivity contribution < 1.29 is 18.3 Å². The average molecular weight is 323 g/mol. The van der Waals surface area contributed by atoms with Crippen molar-refractivity contribution in [2.75, 3.05) is 6.54 Å². The minimum atomic E-state index is -2.92. The Hall–Kier alpha value is -1.65. The zero-order valence-electron chi connectivity index (χ0n) is 13.4. The van der Waals surface area contributed by atoms with Gasteiger partial charge in [-0.15, -0.1) is 0 Å². The first kappa shape index (κ1) is 16.2. The van der Waals surface area contributed by atoms with E-state index in [1.54, 1.807) is 18.2 Å². The number of carbonyl (C=O) groups excluding carboxylic acids is 1. The number of likely N-dealkylation sites (tertiary alicyclic amines) is 1. The molecule has 0 aromatic heterocycles. The Bertz CT molecular complexity index is 564. The van der Waals surface area contributed by atoms with E-state index in [4.69, 9.17) is 0 Å². The van der Waals surface area contributed by atoms with Crippen LogP contribution in [0.5, 0.6) is 5.75 Å². The lowest BCUT2D eigenvalue weighted by Gasteiger charge is -2.47. The van der Waals surface area contributed by atoms with Crippen molar-refractivity contribution in [3.05, 3.63) is 29.8 Å². The van der Waals surface area contributed by atoms with E-state index < -0.39 is 6.61 Å². The van der Waals surface area contributed by atoms with E-state index in [-0.39, 0.29) is 23.3 Å². The van der Waals surface area contributed by atoms with Gasteiger partial charge in [0.1, 0.15) is 5.75 Å². The van der Waals surface area contributed by atoms with Crippen molar-refractivity contribution in [1.82, 2.24) is 4.90 Å². The Morgan fingerprint density at radius 1 is 1.22 bits per heavy atom. The lowest BCUT2D eigenvalue weighted by Crippen LogP contribution is -2.52. The summed E-state index contributed by atoms with van der Waals surface area (Å²) in [6.45, 7) is 0.0378. The number of alkyl halides is 2. The minimum absolute atomic E-state index is 0.0292. The highest BCUT2D eigenvalue weighted by atomic mass is 19.3. The maximum Gasteiger partial charge on any atom is 0.387 e. The summed E-state index contributed by atoms with van der Waals surface area (Å²) in [5, 5.41) is 0. The van der Waals surface area contributed by atoms with E-state index in [9.17, 15) is 13.6 Å². The van der Waals surface area contributed by atoms with E-state index >= 15 is 0 Å². The fourth-order valence-corrected chi connectivity index (χ4v) is 4.16. The van der Waals surface area contributed by atoms with E-state index in [1.165, 1.54) is 12.5 Å². The van der Waals surface area contributed by atoms with Crippen molar-refractivity contribution >= 4 is 5.91 Å². The third-order valence-corrected chi connectivity index (χ3v) is 5.33. The largest absolute Gasteiger partial charge is 0.434 e. The fourth-order valence-electron chi connectivity index (χ4n) is 4.16. The smallest absolute Gasteiger partial charge is 0.387 e. The maximum absolute atomic E-state index is 13.0. The van der Waals surface area contributed by atoms with Gasteiger partial charge in [0, 0.05) is 12.6 Å². The number of carbonyl (C=O) groups is 1. The van der Waals surface area contributed by atoms with Crippen molar-refractivity contribution in [3.8, 4) is 5.75 Å². The third kappa shape index (κ3) is 3.33. The van der Waals surface area contributed by atoms with Gasteiger partial charge >= 0.3 is 6.61 Å². The summed E-state index contributed by atoms with van der Waals surface area (Å²) >= 11 is 0. The molecule has 2 fully saturated rings. The molecule has 3 atom stereocenters. The zero-order valence-corrected chi connectivity index (χ0v) is 13.4. The topological polar surface area (TPSA) is 29.5 Å². The molecule has 3 nitrogen and oxygen atoms in total. The number of hydrogen-bond donors (Lipinski definition) is 0. The number of fused-ring (bicyclic) bond motifs is 1. The normalized spacial score (nSPS) is 27.7. The molecule has 3 rings (SSSR count). The number of nitrogens with zero attached hydrogens (tertiary/aromatic N) is 1. The van der Waals surface area contributed by atoms with Crippen LogP contribution in [0.1, 0.15) is 49.4 Å². The highest BCUT2D eigenvalue weighted by molar-refractivity contribution is 5.97. The van der Waals surface area contributed by atoms with Crippen LogP contribution in [-0.4, -0.2) is 30.0 Å². The van der Waals surface area contributed by atoms with Gasteiger partial charge in [0.05, 0.1) is 5.56 Å². The standard InChI is InChI=1S/C18H23F2NO2/c1-12-10-11-21(15-8-4-2-6-13(12)15)17(22)14-7-3-5-9-16(14)23-18(19)20/h3,5,7,9,12-13,15,18H,2,4,6,8,10-11H2,1H3. The van der Waals surface area contributed by atoms with Crippen LogP contribution in [-0.2, 0) is 0 Å². The molecule has 5 heteroatoms. The lowest BCUT2D eigenvalue weighted by atomic mass is 9.72. The first-order valence-electron chi connectivity index (χ1n) is 8.42. The first-order chi connectivity index (χ1) is 11.1. The number of halogens is 2. The van der Waals surface area contributed by atoms with Gasteiger partial charge < -0.3 is 9.64 Å². The second-order valence-electron chi connectivity index (χ2n) is 6.65. The predicted octanol–water partition coefficient (Wildman–Crippen LogP) is 4.33. The number of benzene rings is 1. The molecule has 126 valence electrons. The predicted molar refractivity (Wildman–Crippen MR) is 83.6 cm³/mol. The van der Waals surface area contributed by atoms with Crippen LogP contribution in [0.4, 0.5) is 8.78 Å². The van der Waals surface area contributed by atoms with Crippen molar-refractivity contribution in [2.24, 2.45) is 11.8 Å². The second-order valence-corrected chi connectivity index (χ2v) is 6.65. The quantitative estimate of drug-likeness (QED) is 0.828. The number of hydrogen-bond acceptors (Lipinski definition) is 2. The molecule has 1 saturated carbocycles. The molecule has 23 heavy (non-hydrogen) atoms. The van der Waals surface area contributed by atoms with Crippen LogP contribution in [0.25, 0.3) is 0 Å². The number of para-hydroxylation sites is 1. The molecule has 1 aromatic carbocycles. The highest BCUT2D eigenvalue weighted by Crippen LogP contribution is 2.39. The van der Waals surface area contributed by atoms with Crippen LogP contribution >= 0.6 is 0 Å². The summed E-state index contributed by atoms with van der Waals surface area (Å²) in [7, 11) is 0. The Kier molecular flexibility index (Phi) is 4.83. The Morgan fingerprint density at radius 3 is 2.74 bits per heavy atom. The molecule has 1 saturated heterocycles. The Labute approximate surface area is 135 Å². The van der Waals surface area contributed by atoms with Gasteiger partial charge in [-0.05, 0) is 43.2 Å². The summed E-state index contributed by atoms with van der Waals surface area (Å²) in [6.07, 6.45) is 5.50. The molecule has 0 N–H and O–H groups in total. The summed E-state index contributed by atoms with van der Waals surface area (Å²) in [5.74, 6) is 0.949. The van der Waals surface area contributed by atoms with Crippen LogP contribution in [0.15, 0.2) is 24.3 Å². The van der Waals surface area contributed by atoms with E-state index in [0.717, 1.165) is 25.7 Å². The molecule has 1 amide bonds. The Balaban J connectivity index is 1.85. The number of rotatable bonds is 3. The third-order valence-electron chi connectivity index (χ3n) is 5.33. The van der Waals surface area contributed by atoms with Gasteiger partial charge in [0.2, 0.25) is 0 Å². The number of ether oxygens (including phenoxy) is 1. The number of piperidine rings is 1. The average Bonchev–Trinajstić information content (AvgIpc) is 2.55. The van der Waals surface area contributed by atoms with Crippen molar-refractivity contribution in [1.29, 1.82) is 0 Å². The van der Waals surface area contributed by atoms with Crippen LogP contribution in [0.2, 0.25) is 0 Å². The molecule has 1 aliphatic carbocycles. The van der Waals surface area contributed by atoms with Crippen LogP contribution in [0.3, 0.4) is 0 Å². The molecule has 1 aliphatic heterocycles. The van der Waals surface area contributed by atoms with Crippen molar-refractivity contribution in [3.63, 3.8) is 0 Å². The zero-order chi connectivity index (χ0) is 16.4. The molecule has 0 bridgehead atoms. The van der Waals surface area contributed by atoms with Gasteiger partial charge in [-0.25, -0.2) is 0 Å². The van der Waals surface area contributed by atoms with Gasteiger partial charge in [-0.2, -0.15) is 8.78 Å². The molecule has 2 aliphatic rings. The maximum atomic E-state index is 13.0. The summed E-state index contributed by atoms with van der Waals surface area (Å²) in [4.78, 5) is 14.9. The molecule has 3 unspecified atom stereocenters. The van der Waals surface area contributed by atoms with E-state index in [1.807, 2.05) is 4.90 Å². The van der Waals surface area contributed by atoms with Crippen molar-refractivity contribution in [2.45, 2.75) is 51.7 Å². The van der Waals surface area contributed by atoms with Crippen LogP contribution < -0.4 is 4.74 Å². The first-order valence-corrected chi connectivity index (χ1v) is 8.42.